The number of para-hydroxylation sites is 1. The van der Waals surface area contributed by atoms with E-state index in [2.05, 4.69) is 4.99 Å². The monoisotopic (exact) mass is 565 g/mol. The van der Waals surface area contributed by atoms with Crippen molar-refractivity contribution in [2.75, 3.05) is 6.61 Å². The van der Waals surface area contributed by atoms with Crippen molar-refractivity contribution in [1.82, 2.24) is 4.57 Å². The average molecular weight is 566 g/mol. The molecule has 4 aromatic rings. The summed E-state index contributed by atoms with van der Waals surface area (Å²) < 4.78 is 13.0. The molecule has 12 heteroatoms. The van der Waals surface area contributed by atoms with Crippen molar-refractivity contribution in [3.05, 3.63) is 112 Å². The van der Waals surface area contributed by atoms with Gasteiger partial charge in [-0.25, -0.2) is 9.79 Å². The first-order valence-electron chi connectivity index (χ1n) is 11.7. The standard InChI is InChI=1S/C27H20ClN3O7S/c1-3-37-26(34)23-14(2)29-27-30(25(33)22(39-27)12-15-6-4-5-7-19(15)32)24(23)21-11-10-20(38-21)17-13-16(31(35)36)8-9-18(17)28/h4-13,24,32H,3H2,1-2H3/b22-12-/t24-/m1/s1. The molecule has 0 fully saturated rings. The fourth-order valence-corrected chi connectivity index (χ4v) is 5.52. The molecule has 0 saturated carbocycles. The second-order valence-corrected chi connectivity index (χ2v) is 9.90. The molecule has 39 heavy (non-hydrogen) atoms. The summed E-state index contributed by atoms with van der Waals surface area (Å²) in [6.07, 6.45) is 1.55. The van der Waals surface area contributed by atoms with Crippen LogP contribution in [0.1, 0.15) is 31.2 Å². The lowest BCUT2D eigenvalue weighted by atomic mass is 10.0. The van der Waals surface area contributed by atoms with Gasteiger partial charge in [0.2, 0.25) is 0 Å². The van der Waals surface area contributed by atoms with Crippen LogP contribution in [0.15, 0.2) is 80.1 Å². The van der Waals surface area contributed by atoms with Crippen LogP contribution in [0.2, 0.25) is 5.02 Å². The molecule has 10 nitrogen and oxygen atoms in total. The minimum Gasteiger partial charge on any atom is -0.507 e. The first-order valence-corrected chi connectivity index (χ1v) is 12.9. The Labute approximate surface area is 229 Å². The summed E-state index contributed by atoms with van der Waals surface area (Å²) in [5.74, 6) is -0.231. The molecule has 2 aromatic carbocycles. The molecule has 5 rings (SSSR count). The number of halogens is 1. The van der Waals surface area contributed by atoms with Gasteiger partial charge in [0.05, 0.1) is 32.4 Å². The molecule has 0 aliphatic carbocycles. The van der Waals surface area contributed by atoms with Crippen LogP contribution in [0.4, 0.5) is 5.69 Å². The molecule has 1 N–H and O–H groups in total. The zero-order valence-corrected chi connectivity index (χ0v) is 22.2. The van der Waals surface area contributed by atoms with Gasteiger partial charge in [-0.1, -0.05) is 41.1 Å². The highest BCUT2D eigenvalue weighted by molar-refractivity contribution is 7.07. The second-order valence-electron chi connectivity index (χ2n) is 8.48. The summed E-state index contributed by atoms with van der Waals surface area (Å²) in [4.78, 5) is 42.3. The number of phenolic OH excluding ortho intramolecular Hbond substituents is 1. The minimum absolute atomic E-state index is 0.00721. The lowest BCUT2D eigenvalue weighted by Crippen LogP contribution is -2.39. The predicted molar refractivity (Wildman–Crippen MR) is 144 cm³/mol. The SMILES string of the molecule is CCOC(=O)C1=C(C)N=c2s/c(=C\c3ccccc3O)c(=O)n2[C@@H]1c1ccc(-c2cc([N+](=O)[O-])ccc2Cl)o1. The van der Waals surface area contributed by atoms with Crippen molar-refractivity contribution in [3.8, 4) is 17.1 Å². The fraction of sp³-hybridized carbons (Fsp3) is 0.148. The number of aromatic nitrogens is 1. The molecule has 0 spiro atoms. The Balaban J connectivity index is 1.71. The third-order valence-corrected chi connectivity index (χ3v) is 7.38. The maximum absolute atomic E-state index is 13.7. The largest absolute Gasteiger partial charge is 0.507 e. The van der Waals surface area contributed by atoms with Gasteiger partial charge in [0.15, 0.2) is 4.80 Å². The number of aromatic hydroxyl groups is 1. The number of nitro groups is 1. The van der Waals surface area contributed by atoms with Gasteiger partial charge in [-0.05, 0) is 44.2 Å². The van der Waals surface area contributed by atoms with Gasteiger partial charge in [0.25, 0.3) is 11.2 Å². The van der Waals surface area contributed by atoms with E-state index in [9.17, 15) is 24.8 Å². The van der Waals surface area contributed by atoms with E-state index in [1.807, 2.05) is 0 Å². The van der Waals surface area contributed by atoms with Gasteiger partial charge in [0, 0.05) is 23.3 Å². The molecule has 1 aliphatic heterocycles. The summed E-state index contributed by atoms with van der Waals surface area (Å²) in [7, 11) is 0. The molecule has 0 radical (unpaired) electrons. The van der Waals surface area contributed by atoms with Gasteiger partial charge in [-0.2, -0.15) is 0 Å². The highest BCUT2D eigenvalue weighted by Gasteiger charge is 2.35. The topological polar surface area (TPSA) is 137 Å². The third-order valence-electron chi connectivity index (χ3n) is 6.06. The van der Waals surface area contributed by atoms with Crippen LogP contribution < -0.4 is 14.9 Å². The fourth-order valence-electron chi connectivity index (χ4n) is 4.27. The van der Waals surface area contributed by atoms with Crippen LogP contribution in [0.5, 0.6) is 5.75 Å². The van der Waals surface area contributed by atoms with E-state index in [4.69, 9.17) is 20.8 Å². The first kappa shape index (κ1) is 26.1. The van der Waals surface area contributed by atoms with Crippen molar-refractivity contribution < 1.29 is 24.0 Å². The average Bonchev–Trinajstić information content (AvgIpc) is 3.50. The predicted octanol–water partition coefficient (Wildman–Crippen LogP) is 4.33. The van der Waals surface area contributed by atoms with E-state index < -0.39 is 22.5 Å². The van der Waals surface area contributed by atoms with Crippen LogP contribution in [0.3, 0.4) is 0 Å². The van der Waals surface area contributed by atoms with E-state index in [0.717, 1.165) is 11.3 Å². The molecule has 1 aliphatic rings. The van der Waals surface area contributed by atoms with Gasteiger partial charge in [-0.3, -0.25) is 19.5 Å². The van der Waals surface area contributed by atoms with Crippen LogP contribution >= 0.6 is 22.9 Å². The van der Waals surface area contributed by atoms with E-state index in [1.165, 1.54) is 28.8 Å². The van der Waals surface area contributed by atoms with Crippen LogP contribution in [0, 0.1) is 10.1 Å². The van der Waals surface area contributed by atoms with E-state index in [-0.39, 0.29) is 50.3 Å². The minimum atomic E-state index is -1.03. The maximum atomic E-state index is 13.7. The number of carbonyl (C=O) groups is 1. The second kappa shape index (κ2) is 10.4. The smallest absolute Gasteiger partial charge is 0.338 e. The molecule has 198 valence electrons. The molecule has 0 unspecified atom stereocenters. The number of furan rings is 1. The number of ether oxygens (including phenoxy) is 1. The van der Waals surface area contributed by atoms with Crippen LogP contribution in [-0.2, 0) is 9.53 Å². The number of carbonyl (C=O) groups excluding carboxylic acids is 1. The third kappa shape index (κ3) is 4.77. The summed E-state index contributed by atoms with van der Waals surface area (Å²) in [6, 6.07) is 12.7. The van der Waals surface area contributed by atoms with E-state index in [1.54, 1.807) is 50.3 Å². The Hall–Kier alpha value is -4.48. The molecule has 1 atom stereocenters. The molecule has 3 heterocycles. The highest BCUT2D eigenvalue weighted by atomic mass is 35.5. The molecular weight excluding hydrogens is 546 g/mol. The van der Waals surface area contributed by atoms with E-state index >= 15 is 0 Å². The Morgan fingerprint density at radius 3 is 2.77 bits per heavy atom. The number of phenols is 1. The number of nitro benzene ring substituents is 1. The summed E-state index contributed by atoms with van der Waals surface area (Å²) in [6.45, 7) is 3.41. The normalized spacial score (nSPS) is 15.2. The number of thiazole rings is 1. The summed E-state index contributed by atoms with van der Waals surface area (Å²) >= 11 is 7.41. The Kier molecular flexibility index (Phi) is 6.94. The molecular formula is C27H20ClN3O7S. The number of esters is 1. The van der Waals surface area contributed by atoms with Crippen molar-refractivity contribution in [2.45, 2.75) is 19.9 Å². The van der Waals surface area contributed by atoms with Gasteiger partial charge in [0.1, 0.15) is 23.3 Å². The van der Waals surface area contributed by atoms with Crippen LogP contribution in [-0.4, -0.2) is 27.2 Å². The number of benzene rings is 2. The number of hydrogen-bond acceptors (Lipinski definition) is 9. The van der Waals surface area contributed by atoms with Crippen molar-refractivity contribution in [2.24, 2.45) is 4.99 Å². The molecule has 0 amide bonds. The number of hydrogen-bond donors (Lipinski definition) is 1. The van der Waals surface area contributed by atoms with Crippen molar-refractivity contribution >= 4 is 40.7 Å². The van der Waals surface area contributed by atoms with Gasteiger partial charge >= 0.3 is 5.97 Å². The number of non-ortho nitro benzene ring substituents is 1. The zero-order chi connectivity index (χ0) is 27.8. The molecule has 0 bridgehead atoms. The number of fused-ring (bicyclic) bond motifs is 1. The molecule has 0 saturated heterocycles. The lowest BCUT2D eigenvalue weighted by Gasteiger charge is -2.22. The summed E-state index contributed by atoms with van der Waals surface area (Å²) in [5, 5.41) is 21.7. The lowest BCUT2D eigenvalue weighted by molar-refractivity contribution is -0.384. The van der Waals surface area contributed by atoms with Crippen molar-refractivity contribution in [1.29, 1.82) is 0 Å². The molecule has 2 aromatic heterocycles. The quantitative estimate of drug-likeness (QED) is 0.209. The van der Waals surface area contributed by atoms with Crippen LogP contribution in [0.25, 0.3) is 17.4 Å². The Morgan fingerprint density at radius 1 is 1.28 bits per heavy atom. The van der Waals surface area contributed by atoms with Crippen molar-refractivity contribution in [3.63, 3.8) is 0 Å². The number of allylic oxidation sites excluding steroid dienone is 1. The van der Waals surface area contributed by atoms with Gasteiger partial charge in [-0.15, -0.1) is 0 Å². The Morgan fingerprint density at radius 2 is 2.05 bits per heavy atom. The number of nitrogens with zero attached hydrogens (tertiary/aromatic N) is 3. The van der Waals surface area contributed by atoms with Gasteiger partial charge < -0.3 is 14.3 Å². The van der Waals surface area contributed by atoms with E-state index in [0.29, 0.717) is 16.1 Å². The Bertz CT molecular complexity index is 1850. The zero-order valence-electron chi connectivity index (χ0n) is 20.6. The summed E-state index contributed by atoms with van der Waals surface area (Å²) in [5.41, 5.74) is 0.563. The maximum Gasteiger partial charge on any atom is 0.338 e. The first-order chi connectivity index (χ1) is 18.7. The highest BCUT2D eigenvalue weighted by Crippen LogP contribution is 2.37. The number of rotatable bonds is 6.